The summed E-state index contributed by atoms with van der Waals surface area (Å²) in [5.41, 5.74) is 1.74. The van der Waals surface area contributed by atoms with E-state index < -0.39 is 10.0 Å². The quantitative estimate of drug-likeness (QED) is 0.832. The van der Waals surface area contributed by atoms with E-state index in [1.165, 1.54) is 6.92 Å². The zero-order valence-electron chi connectivity index (χ0n) is 14.9. The lowest BCUT2D eigenvalue weighted by Gasteiger charge is -2.22. The fourth-order valence-electron chi connectivity index (χ4n) is 3.91. The van der Waals surface area contributed by atoms with Crippen LogP contribution < -0.4 is 14.9 Å². The van der Waals surface area contributed by atoms with Crippen LogP contribution in [0.3, 0.4) is 0 Å². The van der Waals surface area contributed by atoms with Crippen molar-refractivity contribution >= 4 is 21.6 Å². The van der Waals surface area contributed by atoms with Crippen molar-refractivity contribution < 1.29 is 13.2 Å². The molecular weight excluding hydrogens is 338 g/mol. The van der Waals surface area contributed by atoms with Crippen LogP contribution in [0.1, 0.15) is 38.7 Å². The number of fused-ring (bicyclic) bond motifs is 1. The van der Waals surface area contributed by atoms with Crippen molar-refractivity contribution in [1.29, 1.82) is 0 Å². The maximum Gasteiger partial charge on any atom is 0.240 e. The van der Waals surface area contributed by atoms with Gasteiger partial charge in [-0.2, -0.15) is 0 Å². The molecule has 1 saturated heterocycles. The summed E-state index contributed by atoms with van der Waals surface area (Å²) in [6, 6.07) is 5.12. The normalized spacial score (nSPS) is 23.5. The number of anilines is 1. The van der Waals surface area contributed by atoms with Crippen molar-refractivity contribution in [1.82, 2.24) is 10.0 Å². The number of carbonyl (C=O) groups is 1. The van der Waals surface area contributed by atoms with Gasteiger partial charge in [0, 0.05) is 25.2 Å². The molecule has 2 unspecified atom stereocenters. The number of hydrogen-bond acceptors (Lipinski definition) is 4. The van der Waals surface area contributed by atoms with Crippen LogP contribution in [0.25, 0.3) is 0 Å². The first kappa shape index (κ1) is 18.4. The molecule has 0 aliphatic carbocycles. The Balaban J connectivity index is 1.67. The van der Waals surface area contributed by atoms with Gasteiger partial charge >= 0.3 is 0 Å². The first-order valence-electron chi connectivity index (χ1n) is 9.01. The van der Waals surface area contributed by atoms with Crippen molar-refractivity contribution in [2.24, 2.45) is 5.92 Å². The molecule has 0 aromatic heterocycles. The van der Waals surface area contributed by atoms with E-state index in [1.807, 2.05) is 6.92 Å². The Kier molecular flexibility index (Phi) is 5.46. The minimum Gasteiger partial charge on any atom is -0.316 e. The smallest absolute Gasteiger partial charge is 0.240 e. The fraction of sp³-hybridized carbons (Fsp3) is 0.611. The van der Waals surface area contributed by atoms with E-state index in [2.05, 4.69) is 10.0 Å². The lowest BCUT2D eigenvalue weighted by Crippen LogP contribution is -2.33. The van der Waals surface area contributed by atoms with Crippen LogP contribution in [0.4, 0.5) is 5.69 Å². The van der Waals surface area contributed by atoms with Gasteiger partial charge in [-0.1, -0.05) is 0 Å². The van der Waals surface area contributed by atoms with Gasteiger partial charge in [-0.3, -0.25) is 4.79 Å². The highest BCUT2D eigenvalue weighted by Crippen LogP contribution is 2.33. The first-order chi connectivity index (χ1) is 11.9. The van der Waals surface area contributed by atoms with Crippen LogP contribution in [-0.4, -0.2) is 40.0 Å². The van der Waals surface area contributed by atoms with Crippen LogP contribution >= 0.6 is 0 Å². The minimum absolute atomic E-state index is 0.0129. The third kappa shape index (κ3) is 4.04. The SMILES string of the molecule is CC(=O)N1c2ccc(S(=O)(=O)NCCC3CCCNC3)cc2CC1C. The monoisotopic (exact) mass is 365 g/mol. The highest BCUT2D eigenvalue weighted by atomic mass is 32.2. The second-order valence-electron chi connectivity index (χ2n) is 7.13. The average molecular weight is 365 g/mol. The second-order valence-corrected chi connectivity index (χ2v) is 8.90. The van der Waals surface area contributed by atoms with E-state index in [1.54, 1.807) is 23.1 Å². The lowest BCUT2D eigenvalue weighted by molar-refractivity contribution is -0.116. The molecule has 0 saturated carbocycles. The molecule has 2 N–H and O–H groups in total. The van der Waals surface area contributed by atoms with Gasteiger partial charge in [0.1, 0.15) is 0 Å². The highest BCUT2D eigenvalue weighted by molar-refractivity contribution is 7.89. The van der Waals surface area contributed by atoms with E-state index in [9.17, 15) is 13.2 Å². The van der Waals surface area contributed by atoms with E-state index >= 15 is 0 Å². The van der Waals surface area contributed by atoms with Gasteiger partial charge < -0.3 is 10.2 Å². The molecule has 7 heteroatoms. The number of piperidine rings is 1. The van der Waals surface area contributed by atoms with Crippen LogP contribution in [0.15, 0.2) is 23.1 Å². The Bertz CT molecular complexity index is 742. The van der Waals surface area contributed by atoms with Crippen molar-refractivity contribution in [2.45, 2.75) is 50.5 Å². The molecule has 1 fully saturated rings. The summed E-state index contributed by atoms with van der Waals surface area (Å²) < 4.78 is 27.8. The molecule has 0 spiro atoms. The summed E-state index contributed by atoms with van der Waals surface area (Å²) >= 11 is 0. The van der Waals surface area contributed by atoms with Crippen LogP contribution in [0.5, 0.6) is 0 Å². The molecule has 1 amide bonds. The molecule has 0 radical (unpaired) electrons. The van der Waals surface area contributed by atoms with E-state index in [-0.39, 0.29) is 16.8 Å². The maximum absolute atomic E-state index is 12.6. The largest absolute Gasteiger partial charge is 0.316 e. The molecule has 25 heavy (non-hydrogen) atoms. The number of carbonyl (C=O) groups excluding carboxylic acids is 1. The van der Waals surface area contributed by atoms with Crippen molar-refractivity contribution in [3.63, 3.8) is 0 Å². The predicted molar refractivity (Wildman–Crippen MR) is 98.2 cm³/mol. The van der Waals surface area contributed by atoms with Gasteiger partial charge in [0.25, 0.3) is 0 Å². The molecule has 3 rings (SSSR count). The Morgan fingerprint density at radius 1 is 1.40 bits per heavy atom. The van der Waals surface area contributed by atoms with Gasteiger partial charge in [0.2, 0.25) is 15.9 Å². The second kappa shape index (κ2) is 7.43. The van der Waals surface area contributed by atoms with Crippen molar-refractivity contribution in [3.05, 3.63) is 23.8 Å². The van der Waals surface area contributed by atoms with Crippen LogP contribution in [0, 0.1) is 5.92 Å². The molecule has 1 aromatic carbocycles. The van der Waals surface area contributed by atoms with E-state index in [0.29, 0.717) is 18.9 Å². The molecule has 1 aromatic rings. The molecule has 6 nitrogen and oxygen atoms in total. The topological polar surface area (TPSA) is 78.5 Å². The molecule has 2 aliphatic rings. The zero-order valence-corrected chi connectivity index (χ0v) is 15.7. The standard InChI is InChI=1S/C18H27N3O3S/c1-13-10-16-11-17(5-6-18(16)21(13)14(2)22)25(23,24)20-9-7-15-4-3-8-19-12-15/h5-6,11,13,15,19-20H,3-4,7-10,12H2,1-2H3. The van der Waals surface area contributed by atoms with Gasteiger partial charge in [0.05, 0.1) is 4.90 Å². The summed E-state index contributed by atoms with van der Waals surface area (Å²) in [5, 5.41) is 3.35. The first-order valence-corrected chi connectivity index (χ1v) is 10.5. The molecule has 2 atom stereocenters. The van der Waals surface area contributed by atoms with E-state index in [0.717, 1.165) is 43.6 Å². The Hall–Kier alpha value is -1.44. The molecule has 138 valence electrons. The molecular formula is C18H27N3O3S. The summed E-state index contributed by atoms with van der Waals surface area (Å²) in [4.78, 5) is 13.8. The van der Waals surface area contributed by atoms with Gasteiger partial charge in [-0.15, -0.1) is 0 Å². The molecule has 0 bridgehead atoms. The predicted octanol–water partition coefficient (Wildman–Crippen LogP) is 1.65. The van der Waals surface area contributed by atoms with Gasteiger partial charge in [-0.25, -0.2) is 13.1 Å². The third-order valence-corrected chi connectivity index (χ3v) is 6.62. The van der Waals surface area contributed by atoms with Gasteiger partial charge in [-0.05, 0) is 75.4 Å². The van der Waals surface area contributed by atoms with Gasteiger partial charge in [0.15, 0.2) is 0 Å². The number of nitrogens with zero attached hydrogens (tertiary/aromatic N) is 1. The zero-order chi connectivity index (χ0) is 18.0. The summed E-state index contributed by atoms with van der Waals surface area (Å²) in [6.45, 7) is 6.01. The summed E-state index contributed by atoms with van der Waals surface area (Å²) in [6.07, 6.45) is 3.86. The Morgan fingerprint density at radius 3 is 2.88 bits per heavy atom. The lowest BCUT2D eigenvalue weighted by atomic mass is 9.96. The Morgan fingerprint density at radius 2 is 2.20 bits per heavy atom. The maximum atomic E-state index is 12.6. The average Bonchev–Trinajstić information content (AvgIpc) is 2.90. The third-order valence-electron chi connectivity index (χ3n) is 5.16. The molecule has 2 heterocycles. The summed E-state index contributed by atoms with van der Waals surface area (Å²) in [7, 11) is -3.51. The number of sulfonamides is 1. The fourth-order valence-corrected chi connectivity index (χ4v) is 5.00. The highest BCUT2D eigenvalue weighted by Gasteiger charge is 2.30. The van der Waals surface area contributed by atoms with Crippen LogP contribution in [-0.2, 0) is 21.2 Å². The minimum atomic E-state index is -3.51. The number of rotatable bonds is 5. The number of amides is 1. The Labute approximate surface area is 150 Å². The number of nitrogens with one attached hydrogen (secondary N) is 2. The number of hydrogen-bond donors (Lipinski definition) is 2. The van der Waals surface area contributed by atoms with Crippen molar-refractivity contribution in [3.8, 4) is 0 Å². The summed E-state index contributed by atoms with van der Waals surface area (Å²) in [5.74, 6) is 0.530. The van der Waals surface area contributed by atoms with E-state index in [4.69, 9.17) is 0 Å². The molecule has 2 aliphatic heterocycles. The van der Waals surface area contributed by atoms with Crippen LogP contribution in [0.2, 0.25) is 0 Å². The number of benzene rings is 1. The van der Waals surface area contributed by atoms with Crippen molar-refractivity contribution in [2.75, 3.05) is 24.5 Å².